The Labute approximate surface area is 128 Å². The molecule has 3 rings (SSSR count). The Kier molecular flexibility index (Phi) is 3.05. The molecule has 0 saturated carbocycles. The third kappa shape index (κ3) is 2.07. The van der Waals surface area contributed by atoms with Crippen molar-refractivity contribution < 1.29 is 4.79 Å². The molecule has 0 spiro atoms. The fraction of sp³-hybridized carbons (Fsp3) is 0.312. The first-order valence-corrected chi connectivity index (χ1v) is 7.12. The van der Waals surface area contributed by atoms with Gasteiger partial charge >= 0.3 is 0 Å². The van der Waals surface area contributed by atoms with E-state index in [1.165, 1.54) is 0 Å². The number of anilines is 1. The minimum absolute atomic E-state index is 0.347. The number of carbonyl (C=O) groups is 1. The van der Waals surface area contributed by atoms with Crippen molar-refractivity contribution in [1.82, 2.24) is 14.5 Å². The number of imidazole rings is 1. The highest BCUT2D eigenvalue weighted by Gasteiger charge is 2.28. The average Bonchev–Trinajstić information content (AvgIpc) is 2.77. The summed E-state index contributed by atoms with van der Waals surface area (Å²) in [4.78, 5) is 20.6. The summed E-state index contributed by atoms with van der Waals surface area (Å²) < 4.78 is 2.00. The Bertz CT molecular complexity index is 894. The van der Waals surface area contributed by atoms with Gasteiger partial charge in [0, 0.05) is 11.9 Å². The molecule has 1 aromatic carbocycles. The number of carbonyl (C=O) groups excluding carboxylic acids is 1. The fourth-order valence-electron chi connectivity index (χ4n) is 2.64. The first-order chi connectivity index (χ1) is 10.3. The maximum Gasteiger partial charge on any atom is 0.224 e. The number of rotatable bonds is 3. The molecule has 0 bridgehead atoms. The molecule has 0 aliphatic carbocycles. The zero-order valence-electron chi connectivity index (χ0n) is 12.9. The molecule has 0 aliphatic rings. The van der Waals surface area contributed by atoms with Gasteiger partial charge in [0.05, 0.1) is 16.4 Å². The number of pyridine rings is 1. The van der Waals surface area contributed by atoms with Crippen LogP contribution in [-0.4, -0.2) is 20.4 Å². The number of primary amides is 1. The average molecular weight is 297 g/mol. The first-order valence-electron chi connectivity index (χ1n) is 7.12. The lowest BCUT2D eigenvalue weighted by Crippen LogP contribution is -2.35. The molecule has 0 radical (unpaired) electrons. The minimum atomic E-state index is -0.683. The van der Waals surface area contributed by atoms with E-state index in [1.54, 1.807) is 0 Å². The van der Waals surface area contributed by atoms with E-state index in [4.69, 9.17) is 11.5 Å². The van der Waals surface area contributed by atoms with Gasteiger partial charge < -0.3 is 16.0 Å². The van der Waals surface area contributed by atoms with Crippen molar-refractivity contribution in [1.29, 1.82) is 0 Å². The summed E-state index contributed by atoms with van der Waals surface area (Å²) in [6, 6.07) is 7.77. The number of hydrogen-bond donors (Lipinski definition) is 2. The van der Waals surface area contributed by atoms with Crippen molar-refractivity contribution in [3.05, 3.63) is 30.1 Å². The largest absolute Gasteiger partial charge is 0.382 e. The van der Waals surface area contributed by atoms with Crippen LogP contribution in [-0.2, 0) is 11.3 Å². The topological polar surface area (TPSA) is 99.8 Å². The van der Waals surface area contributed by atoms with E-state index in [2.05, 4.69) is 9.97 Å². The van der Waals surface area contributed by atoms with Crippen molar-refractivity contribution in [3.8, 4) is 0 Å². The smallest absolute Gasteiger partial charge is 0.224 e. The van der Waals surface area contributed by atoms with Gasteiger partial charge in [0.1, 0.15) is 11.3 Å². The second kappa shape index (κ2) is 4.69. The van der Waals surface area contributed by atoms with Gasteiger partial charge in [-0.05, 0) is 26.8 Å². The van der Waals surface area contributed by atoms with E-state index in [-0.39, 0.29) is 5.91 Å². The molecular weight excluding hydrogens is 278 g/mol. The van der Waals surface area contributed by atoms with E-state index in [0.29, 0.717) is 17.9 Å². The summed E-state index contributed by atoms with van der Waals surface area (Å²) >= 11 is 0. The molecule has 6 nitrogen and oxygen atoms in total. The number of benzene rings is 1. The molecule has 6 heteroatoms. The summed E-state index contributed by atoms with van der Waals surface area (Å²) in [5.41, 5.74) is 13.3. The molecule has 1 amide bonds. The predicted molar refractivity (Wildman–Crippen MR) is 87.2 cm³/mol. The van der Waals surface area contributed by atoms with Crippen LogP contribution in [0.1, 0.15) is 19.7 Å². The summed E-state index contributed by atoms with van der Waals surface area (Å²) in [5, 5.41) is 0.965. The Hall–Kier alpha value is -2.63. The van der Waals surface area contributed by atoms with E-state index < -0.39 is 5.41 Å². The lowest BCUT2D eigenvalue weighted by Gasteiger charge is -2.22. The highest BCUT2D eigenvalue weighted by molar-refractivity contribution is 6.06. The Morgan fingerprint density at radius 2 is 1.95 bits per heavy atom. The summed E-state index contributed by atoms with van der Waals surface area (Å²) in [6.07, 6.45) is 0. The Balaban J connectivity index is 2.35. The van der Waals surface area contributed by atoms with Crippen LogP contribution in [0.3, 0.4) is 0 Å². The molecule has 3 aromatic rings. The molecule has 114 valence electrons. The maximum atomic E-state index is 11.7. The number of aryl methyl sites for hydroxylation is 1. The van der Waals surface area contributed by atoms with E-state index in [0.717, 1.165) is 22.2 Å². The van der Waals surface area contributed by atoms with Crippen molar-refractivity contribution in [2.45, 2.75) is 27.3 Å². The number of hydrogen-bond acceptors (Lipinski definition) is 4. The molecule has 0 unspecified atom stereocenters. The van der Waals surface area contributed by atoms with Crippen molar-refractivity contribution in [3.63, 3.8) is 0 Å². The van der Waals surface area contributed by atoms with Crippen LogP contribution in [0.15, 0.2) is 24.3 Å². The summed E-state index contributed by atoms with van der Waals surface area (Å²) in [6.45, 7) is 5.99. The lowest BCUT2D eigenvalue weighted by atomic mass is 9.92. The standard InChI is InChI=1S/C16H19N5O/c1-9-19-12-13(21(9)8-16(2,3)15(18)22)10-6-4-5-7-11(10)20-14(12)17/h4-7H,8H2,1-3H3,(H2,17,20)(H2,18,22). The van der Waals surface area contributed by atoms with Crippen LogP contribution < -0.4 is 11.5 Å². The molecule has 2 heterocycles. The number of para-hydroxylation sites is 1. The van der Waals surface area contributed by atoms with Crippen molar-refractivity contribution in [2.24, 2.45) is 11.1 Å². The SMILES string of the molecule is Cc1nc2c(N)nc3ccccc3c2n1CC(C)(C)C(N)=O. The molecule has 2 aromatic heterocycles. The summed E-state index contributed by atoms with van der Waals surface area (Å²) in [7, 11) is 0. The van der Waals surface area contributed by atoms with Crippen LogP contribution >= 0.6 is 0 Å². The van der Waals surface area contributed by atoms with E-state index >= 15 is 0 Å². The van der Waals surface area contributed by atoms with Crippen LogP contribution in [0.25, 0.3) is 21.9 Å². The minimum Gasteiger partial charge on any atom is -0.382 e. The second-order valence-electron chi connectivity index (χ2n) is 6.20. The number of amides is 1. The van der Waals surface area contributed by atoms with Crippen molar-refractivity contribution in [2.75, 3.05) is 5.73 Å². The zero-order chi connectivity index (χ0) is 16.1. The first kappa shape index (κ1) is 14.3. The number of nitrogen functional groups attached to an aromatic ring is 1. The third-order valence-corrected chi connectivity index (χ3v) is 4.02. The highest BCUT2D eigenvalue weighted by Crippen LogP contribution is 2.30. The molecule has 0 saturated heterocycles. The molecule has 22 heavy (non-hydrogen) atoms. The van der Waals surface area contributed by atoms with Crippen LogP contribution in [0.4, 0.5) is 5.82 Å². The number of nitrogens with zero attached hydrogens (tertiary/aromatic N) is 3. The number of nitrogens with two attached hydrogens (primary N) is 2. The number of aromatic nitrogens is 3. The second-order valence-corrected chi connectivity index (χ2v) is 6.20. The normalized spacial score (nSPS) is 12.1. The quantitative estimate of drug-likeness (QED) is 0.772. The van der Waals surface area contributed by atoms with E-state index in [1.807, 2.05) is 49.6 Å². The highest BCUT2D eigenvalue weighted by atomic mass is 16.1. The van der Waals surface area contributed by atoms with Gasteiger partial charge in [0.2, 0.25) is 5.91 Å². The van der Waals surface area contributed by atoms with Gasteiger partial charge in [-0.1, -0.05) is 18.2 Å². The van der Waals surface area contributed by atoms with Crippen molar-refractivity contribution >= 4 is 33.7 Å². The van der Waals surface area contributed by atoms with Gasteiger partial charge in [0.25, 0.3) is 0 Å². The van der Waals surface area contributed by atoms with Gasteiger partial charge in [-0.2, -0.15) is 0 Å². The Morgan fingerprint density at radius 3 is 2.64 bits per heavy atom. The van der Waals surface area contributed by atoms with Gasteiger partial charge in [0.15, 0.2) is 5.82 Å². The van der Waals surface area contributed by atoms with Crippen LogP contribution in [0, 0.1) is 12.3 Å². The van der Waals surface area contributed by atoms with Gasteiger partial charge in [-0.15, -0.1) is 0 Å². The molecule has 0 aliphatic heterocycles. The van der Waals surface area contributed by atoms with E-state index in [9.17, 15) is 4.79 Å². The Morgan fingerprint density at radius 1 is 1.27 bits per heavy atom. The maximum absolute atomic E-state index is 11.7. The van der Waals surface area contributed by atoms with Crippen LogP contribution in [0.2, 0.25) is 0 Å². The zero-order valence-corrected chi connectivity index (χ0v) is 12.9. The lowest BCUT2D eigenvalue weighted by molar-refractivity contribution is -0.126. The monoisotopic (exact) mass is 297 g/mol. The fourth-order valence-corrected chi connectivity index (χ4v) is 2.64. The number of fused-ring (bicyclic) bond motifs is 3. The van der Waals surface area contributed by atoms with Gasteiger partial charge in [-0.25, -0.2) is 9.97 Å². The van der Waals surface area contributed by atoms with Gasteiger partial charge in [-0.3, -0.25) is 4.79 Å². The molecule has 0 atom stereocenters. The predicted octanol–water partition coefficient (Wildman–Crippen LogP) is 1.99. The molecule has 0 fully saturated rings. The summed E-state index contributed by atoms with van der Waals surface area (Å²) in [5.74, 6) is 0.835. The third-order valence-electron chi connectivity index (χ3n) is 4.02. The molecular formula is C16H19N5O. The molecule has 4 N–H and O–H groups in total. The van der Waals surface area contributed by atoms with Crippen LogP contribution in [0.5, 0.6) is 0 Å².